The zero-order valence-corrected chi connectivity index (χ0v) is 17.3. The van der Waals surface area contributed by atoms with E-state index in [-0.39, 0.29) is 6.61 Å². The fourth-order valence-electron chi connectivity index (χ4n) is 3.29. The lowest BCUT2D eigenvalue weighted by atomic mass is 9.96. The minimum Gasteiger partial charge on any atom is -0.489 e. The number of rotatable bonds is 6. The highest BCUT2D eigenvalue weighted by molar-refractivity contribution is 6.30. The third-order valence-electron chi connectivity index (χ3n) is 4.72. The van der Waals surface area contributed by atoms with Crippen LogP contribution in [0.5, 0.6) is 5.75 Å². The first-order valence-electron chi connectivity index (χ1n) is 9.46. The molecular weight excluding hydrogens is 406 g/mol. The summed E-state index contributed by atoms with van der Waals surface area (Å²) in [5, 5.41) is 15.5. The van der Waals surface area contributed by atoms with E-state index in [0.717, 1.165) is 11.1 Å². The van der Waals surface area contributed by atoms with Gasteiger partial charge in [-0.15, -0.1) is 0 Å². The number of allylic oxidation sites excluding steroid dienone is 1. The van der Waals surface area contributed by atoms with Crippen LogP contribution in [0.4, 0.5) is 5.95 Å². The van der Waals surface area contributed by atoms with Crippen molar-refractivity contribution in [1.29, 1.82) is 0 Å². The minimum absolute atomic E-state index is 0.280. The van der Waals surface area contributed by atoms with Crippen LogP contribution in [0.15, 0.2) is 59.8 Å². The van der Waals surface area contributed by atoms with Crippen molar-refractivity contribution in [3.05, 3.63) is 76.0 Å². The molecule has 1 N–H and O–H groups in total. The molecule has 1 aromatic heterocycles. The van der Waals surface area contributed by atoms with Crippen LogP contribution in [0.2, 0.25) is 5.02 Å². The first-order chi connectivity index (χ1) is 14.6. The molecular formula is C21H20ClN5O3. The number of carbonyl (C=O) groups is 1. The Kier molecular flexibility index (Phi) is 5.67. The van der Waals surface area contributed by atoms with Crippen molar-refractivity contribution in [2.75, 3.05) is 11.9 Å². The van der Waals surface area contributed by atoms with E-state index in [9.17, 15) is 4.79 Å². The normalized spacial score (nSPS) is 15.4. The molecule has 9 heteroatoms. The number of esters is 1. The van der Waals surface area contributed by atoms with Gasteiger partial charge in [0.15, 0.2) is 0 Å². The summed E-state index contributed by atoms with van der Waals surface area (Å²) in [6.45, 7) is 4.28. The summed E-state index contributed by atoms with van der Waals surface area (Å²) in [6.07, 6.45) is 0. The summed E-state index contributed by atoms with van der Waals surface area (Å²) in [7, 11) is 0. The van der Waals surface area contributed by atoms with E-state index in [4.69, 9.17) is 21.1 Å². The van der Waals surface area contributed by atoms with Gasteiger partial charge in [0, 0.05) is 10.7 Å². The molecule has 0 spiro atoms. The smallest absolute Gasteiger partial charge is 0.338 e. The van der Waals surface area contributed by atoms with E-state index in [1.807, 2.05) is 48.5 Å². The summed E-state index contributed by atoms with van der Waals surface area (Å²) in [5.74, 6) is 0.767. The summed E-state index contributed by atoms with van der Waals surface area (Å²) in [6, 6.07) is 14.5. The number of carbonyl (C=O) groups excluding carboxylic acids is 1. The van der Waals surface area contributed by atoms with E-state index < -0.39 is 12.0 Å². The van der Waals surface area contributed by atoms with E-state index in [2.05, 4.69) is 20.8 Å². The minimum atomic E-state index is -0.499. The Morgan fingerprint density at radius 1 is 1.17 bits per heavy atom. The maximum atomic E-state index is 12.6. The second-order valence-electron chi connectivity index (χ2n) is 6.72. The van der Waals surface area contributed by atoms with Crippen LogP contribution in [0.3, 0.4) is 0 Å². The Balaban J connectivity index is 1.58. The molecule has 4 rings (SSSR count). The second kappa shape index (κ2) is 8.54. The summed E-state index contributed by atoms with van der Waals surface area (Å²) < 4.78 is 12.7. The Labute approximate surface area is 178 Å². The van der Waals surface area contributed by atoms with E-state index in [1.54, 1.807) is 18.5 Å². The fourth-order valence-corrected chi connectivity index (χ4v) is 3.41. The van der Waals surface area contributed by atoms with Crippen LogP contribution in [0.1, 0.15) is 31.0 Å². The molecule has 1 aliphatic rings. The van der Waals surface area contributed by atoms with Gasteiger partial charge in [-0.25, -0.2) is 4.79 Å². The van der Waals surface area contributed by atoms with Gasteiger partial charge in [0.25, 0.3) is 0 Å². The topological polar surface area (TPSA) is 91.2 Å². The van der Waals surface area contributed by atoms with Gasteiger partial charge in [-0.3, -0.25) is 0 Å². The number of hydrogen-bond acceptors (Lipinski definition) is 7. The zero-order valence-electron chi connectivity index (χ0n) is 16.5. The first kappa shape index (κ1) is 19.9. The lowest BCUT2D eigenvalue weighted by molar-refractivity contribution is -0.139. The molecule has 1 unspecified atom stereocenters. The predicted octanol–water partition coefficient (Wildman–Crippen LogP) is 3.76. The third kappa shape index (κ3) is 3.99. The highest BCUT2D eigenvalue weighted by atomic mass is 35.5. The Hall–Kier alpha value is -3.39. The fraction of sp³-hybridized carbons (Fsp3) is 0.238. The van der Waals surface area contributed by atoms with Crippen LogP contribution in [0.25, 0.3) is 0 Å². The molecule has 0 bridgehead atoms. The molecule has 2 aromatic carbocycles. The highest BCUT2D eigenvalue weighted by Gasteiger charge is 2.34. The van der Waals surface area contributed by atoms with Gasteiger partial charge >= 0.3 is 5.97 Å². The van der Waals surface area contributed by atoms with Crippen LogP contribution >= 0.6 is 11.6 Å². The van der Waals surface area contributed by atoms with Gasteiger partial charge in [-0.2, -0.15) is 4.68 Å². The van der Waals surface area contributed by atoms with E-state index in [1.165, 1.54) is 0 Å². The molecule has 154 valence electrons. The van der Waals surface area contributed by atoms with Crippen LogP contribution < -0.4 is 10.1 Å². The molecule has 0 amide bonds. The van der Waals surface area contributed by atoms with Crippen LogP contribution in [0, 0.1) is 0 Å². The molecule has 1 aliphatic heterocycles. The van der Waals surface area contributed by atoms with Crippen LogP contribution in [-0.4, -0.2) is 32.8 Å². The van der Waals surface area contributed by atoms with Crippen molar-refractivity contribution in [2.45, 2.75) is 26.5 Å². The van der Waals surface area contributed by atoms with Crippen molar-refractivity contribution in [1.82, 2.24) is 20.2 Å². The van der Waals surface area contributed by atoms with Gasteiger partial charge in [0.1, 0.15) is 18.4 Å². The number of fused-ring (bicyclic) bond motifs is 1. The summed E-state index contributed by atoms with van der Waals surface area (Å²) in [5.41, 5.74) is 2.98. The number of tetrazole rings is 1. The molecule has 3 aromatic rings. The maximum Gasteiger partial charge on any atom is 0.338 e. The molecule has 2 heterocycles. The van der Waals surface area contributed by atoms with Crippen molar-refractivity contribution < 1.29 is 14.3 Å². The van der Waals surface area contributed by atoms with Crippen molar-refractivity contribution in [3.63, 3.8) is 0 Å². The molecule has 8 nitrogen and oxygen atoms in total. The lowest BCUT2D eigenvalue weighted by Crippen LogP contribution is -2.29. The first-order valence-corrected chi connectivity index (χ1v) is 9.84. The van der Waals surface area contributed by atoms with Gasteiger partial charge < -0.3 is 14.8 Å². The molecule has 0 fully saturated rings. The van der Waals surface area contributed by atoms with Gasteiger partial charge in [0.05, 0.1) is 12.2 Å². The molecule has 30 heavy (non-hydrogen) atoms. The van der Waals surface area contributed by atoms with Gasteiger partial charge in [-0.1, -0.05) is 41.0 Å². The monoisotopic (exact) mass is 425 g/mol. The van der Waals surface area contributed by atoms with Gasteiger partial charge in [-0.05, 0) is 59.7 Å². The number of anilines is 1. The summed E-state index contributed by atoms with van der Waals surface area (Å²) in [4.78, 5) is 12.6. The third-order valence-corrected chi connectivity index (χ3v) is 4.98. The van der Waals surface area contributed by atoms with E-state index >= 15 is 0 Å². The average molecular weight is 426 g/mol. The zero-order chi connectivity index (χ0) is 21.1. The van der Waals surface area contributed by atoms with Gasteiger partial charge in [0.2, 0.25) is 5.95 Å². The molecule has 1 atom stereocenters. The lowest BCUT2D eigenvalue weighted by Gasteiger charge is -2.27. The number of ether oxygens (including phenoxy) is 2. The maximum absolute atomic E-state index is 12.6. The highest BCUT2D eigenvalue weighted by Crippen LogP contribution is 2.35. The number of halogens is 1. The Bertz CT molecular complexity index is 1080. The predicted molar refractivity (Wildman–Crippen MR) is 111 cm³/mol. The van der Waals surface area contributed by atoms with Crippen LogP contribution in [-0.2, 0) is 16.1 Å². The van der Waals surface area contributed by atoms with Crippen molar-refractivity contribution in [2.24, 2.45) is 0 Å². The van der Waals surface area contributed by atoms with E-state index in [0.29, 0.717) is 34.6 Å². The van der Waals surface area contributed by atoms with Crippen molar-refractivity contribution >= 4 is 23.5 Å². The molecule has 0 radical (unpaired) electrons. The summed E-state index contributed by atoms with van der Waals surface area (Å²) >= 11 is 5.91. The Morgan fingerprint density at radius 2 is 1.90 bits per heavy atom. The molecule has 0 saturated carbocycles. The number of nitrogens with one attached hydrogen (secondary N) is 1. The average Bonchev–Trinajstić information content (AvgIpc) is 3.21. The second-order valence-corrected chi connectivity index (χ2v) is 7.15. The number of hydrogen-bond donors (Lipinski definition) is 1. The molecule has 0 saturated heterocycles. The quantitative estimate of drug-likeness (QED) is 0.601. The largest absolute Gasteiger partial charge is 0.489 e. The molecule has 0 aliphatic carbocycles. The SMILES string of the molecule is CCOC(=O)C1=C(C)Nc2nnnn2C1c1ccc(OCc2ccc(Cl)cc2)cc1. The number of aromatic nitrogens is 4. The number of nitrogens with zero attached hydrogens (tertiary/aromatic N) is 4. The standard InChI is InChI=1S/C21H20ClN5O3/c1-3-29-20(28)18-13(2)23-21-24-25-26-27(21)19(18)15-6-10-17(11-7-15)30-12-14-4-8-16(22)9-5-14/h4-11,19H,3,12H2,1-2H3,(H,23,24,26). The Morgan fingerprint density at radius 3 is 2.60 bits per heavy atom. The van der Waals surface area contributed by atoms with Crippen molar-refractivity contribution in [3.8, 4) is 5.75 Å². The number of benzene rings is 2.